The van der Waals surface area contributed by atoms with E-state index in [1.54, 1.807) is 16.8 Å². The minimum absolute atomic E-state index is 0.0104. The fourth-order valence-electron chi connectivity index (χ4n) is 6.02. The van der Waals surface area contributed by atoms with E-state index in [1.165, 1.54) is 7.11 Å². The van der Waals surface area contributed by atoms with Crippen molar-refractivity contribution < 1.29 is 19.4 Å². The molecule has 216 valence electrons. The zero-order chi connectivity index (χ0) is 29.5. The van der Waals surface area contributed by atoms with Crippen LogP contribution in [0, 0.1) is 19.3 Å². The molecule has 3 heterocycles. The number of nitrogens with zero attached hydrogens (tertiary/aromatic N) is 5. The Bertz CT molecular complexity index is 1590. The van der Waals surface area contributed by atoms with Gasteiger partial charge in [-0.15, -0.1) is 5.10 Å². The first-order valence-corrected chi connectivity index (χ1v) is 14.1. The SMILES string of the molecule is CC[C@H]1CN(Cc2cc(C(c3ccc4c(nnn4C)c3C)C(C)(C)C(=O)OC)ccc2C)Cc2nc(O)ccc2O1. The molecule has 0 spiro atoms. The first-order valence-electron chi connectivity index (χ1n) is 14.1. The van der Waals surface area contributed by atoms with Crippen LogP contribution in [0.4, 0.5) is 0 Å². The summed E-state index contributed by atoms with van der Waals surface area (Å²) in [6.07, 6.45) is 0.869. The Hall–Kier alpha value is -3.98. The van der Waals surface area contributed by atoms with E-state index in [-0.39, 0.29) is 23.9 Å². The number of pyridine rings is 1. The molecule has 1 aliphatic heterocycles. The number of aromatic nitrogens is 4. The molecule has 0 aliphatic carbocycles. The summed E-state index contributed by atoms with van der Waals surface area (Å²) < 4.78 is 13.3. The van der Waals surface area contributed by atoms with E-state index in [4.69, 9.17) is 9.47 Å². The third kappa shape index (κ3) is 5.38. The van der Waals surface area contributed by atoms with Crippen molar-refractivity contribution in [3.63, 3.8) is 0 Å². The molecule has 5 rings (SSSR count). The van der Waals surface area contributed by atoms with Crippen molar-refractivity contribution in [1.82, 2.24) is 24.9 Å². The number of methoxy groups -OCH3 is 1. The van der Waals surface area contributed by atoms with E-state index < -0.39 is 5.41 Å². The van der Waals surface area contributed by atoms with Gasteiger partial charge in [-0.05, 0) is 74.1 Å². The second-order valence-corrected chi connectivity index (χ2v) is 11.6. The number of ether oxygens (including phenoxy) is 2. The van der Waals surface area contributed by atoms with E-state index >= 15 is 0 Å². The Morgan fingerprint density at radius 1 is 1.20 bits per heavy atom. The molecular formula is C32H39N5O4. The van der Waals surface area contributed by atoms with Gasteiger partial charge in [-0.1, -0.05) is 36.4 Å². The van der Waals surface area contributed by atoms with Gasteiger partial charge < -0.3 is 14.6 Å². The van der Waals surface area contributed by atoms with Crippen LogP contribution in [0.3, 0.4) is 0 Å². The molecule has 0 fully saturated rings. The highest BCUT2D eigenvalue weighted by Crippen LogP contribution is 2.44. The lowest BCUT2D eigenvalue weighted by molar-refractivity contribution is -0.151. The van der Waals surface area contributed by atoms with Crippen LogP contribution in [0.25, 0.3) is 11.0 Å². The standard InChI is InChI=1S/C32H39N5O4/c1-8-23-17-37(18-25-27(41-23)13-14-28(38)33-25)16-22-15-21(10-9-19(22)2)29(32(4,5)31(39)40-7)24-11-12-26-30(20(24)3)34-35-36(26)6/h9-15,23,29H,8,16-18H2,1-7H3,(H,33,38)/t23-,29?/m0/s1. The molecule has 1 N–H and O–H groups in total. The monoisotopic (exact) mass is 557 g/mol. The average Bonchev–Trinajstić information content (AvgIpc) is 3.23. The summed E-state index contributed by atoms with van der Waals surface area (Å²) in [5, 5.41) is 18.7. The van der Waals surface area contributed by atoms with Crippen LogP contribution in [-0.2, 0) is 29.7 Å². The normalized spacial score (nSPS) is 16.6. The van der Waals surface area contributed by atoms with Gasteiger partial charge >= 0.3 is 5.97 Å². The second kappa shape index (κ2) is 11.1. The van der Waals surface area contributed by atoms with Crippen molar-refractivity contribution in [1.29, 1.82) is 0 Å². The zero-order valence-electron chi connectivity index (χ0n) is 24.9. The van der Waals surface area contributed by atoms with Crippen molar-refractivity contribution >= 4 is 17.0 Å². The van der Waals surface area contributed by atoms with Crippen molar-refractivity contribution in [2.45, 2.75) is 66.2 Å². The Kier molecular flexibility index (Phi) is 7.74. The number of aromatic hydroxyl groups is 1. The van der Waals surface area contributed by atoms with Crippen molar-refractivity contribution in [3.8, 4) is 11.6 Å². The number of fused-ring (bicyclic) bond motifs is 2. The van der Waals surface area contributed by atoms with Gasteiger partial charge in [-0.3, -0.25) is 9.69 Å². The first kappa shape index (κ1) is 28.5. The van der Waals surface area contributed by atoms with Crippen LogP contribution in [0.2, 0.25) is 0 Å². The minimum Gasteiger partial charge on any atom is -0.493 e. The quantitative estimate of drug-likeness (QED) is 0.310. The number of benzene rings is 2. The molecule has 0 amide bonds. The summed E-state index contributed by atoms with van der Waals surface area (Å²) in [7, 11) is 3.32. The number of hydrogen-bond acceptors (Lipinski definition) is 8. The van der Waals surface area contributed by atoms with Crippen molar-refractivity contribution in [2.24, 2.45) is 12.5 Å². The topological polar surface area (TPSA) is 103 Å². The summed E-state index contributed by atoms with van der Waals surface area (Å²) in [5.41, 5.74) is 7.01. The third-order valence-electron chi connectivity index (χ3n) is 8.43. The van der Waals surface area contributed by atoms with Gasteiger partial charge in [0.05, 0.1) is 18.0 Å². The number of esters is 1. The van der Waals surface area contributed by atoms with Gasteiger partial charge in [-0.2, -0.15) is 0 Å². The smallest absolute Gasteiger partial charge is 0.312 e. The van der Waals surface area contributed by atoms with Crippen LogP contribution in [0.5, 0.6) is 11.6 Å². The van der Waals surface area contributed by atoms with E-state index in [1.807, 2.05) is 33.9 Å². The largest absolute Gasteiger partial charge is 0.493 e. The maximum Gasteiger partial charge on any atom is 0.312 e. The molecule has 1 aliphatic rings. The van der Waals surface area contributed by atoms with Gasteiger partial charge in [-0.25, -0.2) is 9.67 Å². The molecule has 9 nitrogen and oxygen atoms in total. The lowest BCUT2D eigenvalue weighted by Gasteiger charge is -2.34. The molecule has 0 saturated carbocycles. The fraction of sp³-hybridized carbons (Fsp3) is 0.438. The van der Waals surface area contributed by atoms with Gasteiger partial charge in [0.15, 0.2) is 0 Å². The number of aryl methyl sites for hydroxylation is 3. The van der Waals surface area contributed by atoms with Gasteiger partial charge in [0.25, 0.3) is 0 Å². The Morgan fingerprint density at radius 2 is 1.98 bits per heavy atom. The van der Waals surface area contributed by atoms with E-state index in [0.29, 0.717) is 13.1 Å². The Morgan fingerprint density at radius 3 is 2.71 bits per heavy atom. The molecule has 0 radical (unpaired) electrons. The van der Waals surface area contributed by atoms with Crippen LogP contribution < -0.4 is 4.74 Å². The molecule has 9 heteroatoms. The van der Waals surface area contributed by atoms with E-state index in [0.717, 1.165) is 63.3 Å². The summed E-state index contributed by atoms with van der Waals surface area (Å²) in [6, 6.07) is 13.9. The average molecular weight is 558 g/mol. The predicted octanol–water partition coefficient (Wildman–Crippen LogP) is 5.19. The fourth-order valence-corrected chi connectivity index (χ4v) is 6.02. The Balaban J connectivity index is 1.57. The maximum absolute atomic E-state index is 13.2. The third-order valence-corrected chi connectivity index (χ3v) is 8.43. The molecule has 2 aromatic heterocycles. The van der Waals surface area contributed by atoms with Crippen molar-refractivity contribution in [2.75, 3.05) is 13.7 Å². The number of rotatable bonds is 7. The van der Waals surface area contributed by atoms with Crippen molar-refractivity contribution in [3.05, 3.63) is 76.0 Å². The summed E-state index contributed by atoms with van der Waals surface area (Å²) >= 11 is 0. The predicted molar refractivity (Wildman–Crippen MR) is 157 cm³/mol. The van der Waals surface area contributed by atoms with Crippen LogP contribution >= 0.6 is 0 Å². The molecule has 2 atom stereocenters. The van der Waals surface area contributed by atoms with Crippen LogP contribution in [0.15, 0.2) is 42.5 Å². The van der Waals surface area contributed by atoms with Gasteiger partial charge in [0.1, 0.15) is 23.1 Å². The molecule has 2 aromatic carbocycles. The molecule has 41 heavy (non-hydrogen) atoms. The number of hydrogen-bond donors (Lipinski definition) is 1. The number of carbonyl (C=O) groups is 1. The molecule has 1 unspecified atom stereocenters. The zero-order valence-corrected chi connectivity index (χ0v) is 24.9. The molecule has 4 aromatic rings. The summed E-state index contributed by atoms with van der Waals surface area (Å²) in [6.45, 7) is 12.1. The van der Waals surface area contributed by atoms with Crippen LogP contribution in [-0.4, -0.2) is 55.7 Å². The highest BCUT2D eigenvalue weighted by atomic mass is 16.5. The summed E-state index contributed by atoms with van der Waals surface area (Å²) in [5.74, 6) is 0.151. The van der Waals surface area contributed by atoms with Gasteiger partial charge in [0.2, 0.25) is 5.88 Å². The second-order valence-electron chi connectivity index (χ2n) is 11.6. The lowest BCUT2D eigenvalue weighted by Crippen LogP contribution is -2.34. The van der Waals surface area contributed by atoms with E-state index in [9.17, 15) is 9.90 Å². The summed E-state index contributed by atoms with van der Waals surface area (Å²) in [4.78, 5) is 19.9. The number of carbonyl (C=O) groups excluding carboxylic acids is 1. The minimum atomic E-state index is -0.855. The van der Waals surface area contributed by atoms with Gasteiger partial charge in [0, 0.05) is 38.7 Å². The van der Waals surface area contributed by atoms with E-state index in [2.05, 4.69) is 58.3 Å². The molecular weight excluding hydrogens is 518 g/mol. The maximum atomic E-state index is 13.2. The first-order chi connectivity index (χ1) is 19.5. The van der Waals surface area contributed by atoms with Crippen LogP contribution in [0.1, 0.15) is 66.6 Å². The Labute approximate surface area is 241 Å². The highest BCUT2D eigenvalue weighted by molar-refractivity contribution is 5.82. The highest BCUT2D eigenvalue weighted by Gasteiger charge is 2.41. The lowest BCUT2D eigenvalue weighted by atomic mass is 9.69. The molecule has 0 bridgehead atoms. The molecule has 0 saturated heterocycles.